The summed E-state index contributed by atoms with van der Waals surface area (Å²) in [7, 11) is 0. The first-order valence-corrected chi connectivity index (χ1v) is 8.45. The molecule has 0 bridgehead atoms. The third kappa shape index (κ3) is 4.65. The van der Waals surface area contributed by atoms with Gasteiger partial charge in [-0.15, -0.1) is 9.81 Å². The van der Waals surface area contributed by atoms with Gasteiger partial charge in [0.05, 0.1) is 26.9 Å². The summed E-state index contributed by atoms with van der Waals surface area (Å²) in [6.45, 7) is 0. The van der Waals surface area contributed by atoms with E-state index in [9.17, 15) is 14.7 Å². The van der Waals surface area contributed by atoms with Crippen LogP contribution in [0.1, 0.15) is 0 Å². The second-order valence-corrected chi connectivity index (χ2v) is 5.55. The van der Waals surface area contributed by atoms with Gasteiger partial charge in [0.25, 0.3) is 0 Å². The Balaban J connectivity index is 1.92. The predicted molar refractivity (Wildman–Crippen MR) is 107 cm³/mol. The van der Waals surface area contributed by atoms with Gasteiger partial charge in [0.2, 0.25) is 15.9 Å². The highest BCUT2D eigenvalue weighted by Crippen LogP contribution is 2.30. The van der Waals surface area contributed by atoms with E-state index >= 15 is 0 Å². The molecule has 12 nitrogen and oxygen atoms in total. The molecule has 0 saturated carbocycles. The quantitative estimate of drug-likeness (QED) is 0.193. The lowest BCUT2D eigenvalue weighted by Crippen LogP contribution is -2.49. The first-order valence-electron chi connectivity index (χ1n) is 8.45. The normalized spacial score (nSPS) is 12.4. The zero-order valence-corrected chi connectivity index (χ0v) is 15.3. The SMILES string of the molecule is O=NN(OO[N+](N=O)(ON(N=O)c1ccccc1)c1ccccc1)c1ccccc1. The fraction of sp³-hybridized carbons (Fsp3) is 0. The van der Waals surface area contributed by atoms with E-state index in [-0.39, 0.29) is 17.1 Å². The van der Waals surface area contributed by atoms with Gasteiger partial charge in [0.1, 0.15) is 0 Å². The molecule has 0 radical (unpaired) electrons. The predicted octanol–water partition coefficient (Wildman–Crippen LogP) is 4.68. The Morgan fingerprint density at radius 1 is 0.633 bits per heavy atom. The molecule has 1 atom stereocenters. The minimum absolute atomic E-state index is 0.00371. The van der Waals surface area contributed by atoms with Crippen LogP contribution in [0.3, 0.4) is 0 Å². The molecular formula is C18H15N6O6+. The van der Waals surface area contributed by atoms with E-state index in [0.717, 1.165) is 0 Å². The van der Waals surface area contributed by atoms with Gasteiger partial charge in [-0.3, -0.25) is 0 Å². The zero-order chi connectivity index (χ0) is 21.2. The number of nitroso groups, excluding NO2 is 3. The van der Waals surface area contributed by atoms with Crippen molar-refractivity contribution in [3.8, 4) is 0 Å². The average molecular weight is 411 g/mol. The Labute approximate surface area is 169 Å². The lowest BCUT2D eigenvalue weighted by molar-refractivity contribution is -0.518. The second-order valence-electron chi connectivity index (χ2n) is 5.55. The summed E-state index contributed by atoms with van der Waals surface area (Å²) in [4.78, 5) is 48.0. The number of para-hydroxylation sites is 2. The summed E-state index contributed by atoms with van der Waals surface area (Å²) in [5.74, 6) is 0. The van der Waals surface area contributed by atoms with Crippen LogP contribution < -0.4 is 15.3 Å². The highest BCUT2D eigenvalue weighted by molar-refractivity contribution is 5.44. The Bertz CT molecular complexity index is 965. The van der Waals surface area contributed by atoms with Crippen molar-refractivity contribution in [3.05, 3.63) is 106 Å². The zero-order valence-electron chi connectivity index (χ0n) is 15.3. The molecule has 0 aliphatic heterocycles. The van der Waals surface area contributed by atoms with E-state index in [1.54, 1.807) is 54.6 Å². The molecule has 0 saturated heterocycles. The van der Waals surface area contributed by atoms with Crippen molar-refractivity contribution in [1.29, 1.82) is 0 Å². The van der Waals surface area contributed by atoms with Crippen LogP contribution in [-0.4, -0.2) is 0 Å². The van der Waals surface area contributed by atoms with Crippen LogP contribution in [0.15, 0.2) is 107 Å². The smallest absolute Gasteiger partial charge is 0.122 e. The molecule has 152 valence electrons. The lowest BCUT2D eigenvalue weighted by atomic mass is 10.3. The molecule has 0 spiro atoms. The van der Waals surface area contributed by atoms with Crippen LogP contribution in [0.5, 0.6) is 0 Å². The van der Waals surface area contributed by atoms with Crippen molar-refractivity contribution in [3.63, 3.8) is 0 Å². The van der Waals surface area contributed by atoms with E-state index in [0.29, 0.717) is 10.3 Å². The standard InChI is InChI=1S/C18H15N6O6/c25-19-22(16-10-4-1-5-11-16)28-24(21-27,18-14-8-3-9-15-18)30-29-23(20-26)17-12-6-2-7-13-17/h1-15H/q+1. The average Bonchev–Trinajstić information content (AvgIpc) is 2.83. The molecule has 12 heteroatoms. The van der Waals surface area contributed by atoms with Crippen molar-refractivity contribution in [2.75, 3.05) is 10.3 Å². The van der Waals surface area contributed by atoms with Gasteiger partial charge in [-0.1, -0.05) is 64.7 Å². The summed E-state index contributed by atoms with van der Waals surface area (Å²) in [6, 6.07) is 23.5. The molecule has 3 aromatic carbocycles. The fourth-order valence-electron chi connectivity index (χ4n) is 2.30. The van der Waals surface area contributed by atoms with Gasteiger partial charge < -0.3 is 0 Å². The van der Waals surface area contributed by atoms with Gasteiger partial charge >= 0.3 is 0 Å². The van der Waals surface area contributed by atoms with Crippen molar-refractivity contribution in [2.24, 2.45) is 15.9 Å². The minimum atomic E-state index is -1.71. The molecule has 0 fully saturated rings. The first kappa shape index (κ1) is 20.6. The number of hydrogen-bond acceptors (Lipinski definition) is 9. The number of anilines is 2. The summed E-state index contributed by atoms with van der Waals surface area (Å²) in [6.07, 6.45) is 0. The Kier molecular flexibility index (Phi) is 6.81. The fourth-order valence-corrected chi connectivity index (χ4v) is 2.30. The van der Waals surface area contributed by atoms with E-state index in [1.165, 1.54) is 36.4 Å². The van der Waals surface area contributed by atoms with Crippen LogP contribution in [0.4, 0.5) is 17.1 Å². The molecule has 0 aliphatic rings. The van der Waals surface area contributed by atoms with Crippen molar-refractivity contribution >= 4 is 17.1 Å². The molecule has 30 heavy (non-hydrogen) atoms. The van der Waals surface area contributed by atoms with Crippen LogP contribution in [0.25, 0.3) is 0 Å². The van der Waals surface area contributed by atoms with Crippen molar-refractivity contribution in [2.45, 2.75) is 0 Å². The van der Waals surface area contributed by atoms with E-state index in [2.05, 4.69) is 15.9 Å². The van der Waals surface area contributed by atoms with E-state index in [4.69, 9.17) is 14.9 Å². The molecule has 3 rings (SSSR count). The monoisotopic (exact) mass is 411 g/mol. The summed E-state index contributed by atoms with van der Waals surface area (Å²) in [5, 5.41) is 9.14. The van der Waals surface area contributed by atoms with Gasteiger partial charge in [0, 0.05) is 17.1 Å². The highest BCUT2D eigenvalue weighted by atomic mass is 17.4. The number of hydrogen-bond donors (Lipinski definition) is 0. The minimum Gasteiger partial charge on any atom is -0.122 e. The molecule has 0 aliphatic carbocycles. The molecule has 0 amide bonds. The van der Waals surface area contributed by atoms with Crippen LogP contribution in [0.2, 0.25) is 0 Å². The molecule has 0 N–H and O–H groups in total. The Morgan fingerprint density at radius 2 is 1.10 bits per heavy atom. The third-order valence-electron chi connectivity index (χ3n) is 3.69. The van der Waals surface area contributed by atoms with Gasteiger partial charge in [-0.2, -0.15) is 0 Å². The van der Waals surface area contributed by atoms with Gasteiger partial charge in [-0.05, 0) is 34.4 Å². The van der Waals surface area contributed by atoms with E-state index < -0.39 is 4.92 Å². The van der Waals surface area contributed by atoms with Gasteiger partial charge in [0.15, 0.2) is 0 Å². The molecule has 0 aromatic heterocycles. The topological polar surface area (TPSA) is 122 Å². The van der Waals surface area contributed by atoms with Crippen LogP contribution >= 0.6 is 0 Å². The maximum atomic E-state index is 11.8. The Hall–Kier alpha value is -4.10. The number of rotatable bonds is 11. The third-order valence-corrected chi connectivity index (χ3v) is 3.69. The summed E-state index contributed by atoms with van der Waals surface area (Å²) in [5.41, 5.74) is 0.362. The van der Waals surface area contributed by atoms with Crippen molar-refractivity contribution < 1.29 is 14.9 Å². The van der Waals surface area contributed by atoms with Gasteiger partial charge in [-0.25, -0.2) is 0 Å². The highest BCUT2D eigenvalue weighted by Gasteiger charge is 2.47. The second kappa shape index (κ2) is 9.90. The molecule has 3 aromatic rings. The van der Waals surface area contributed by atoms with Crippen LogP contribution in [-0.2, 0) is 14.9 Å². The summed E-state index contributed by atoms with van der Waals surface area (Å²) < 4.78 is 0. The Morgan fingerprint density at radius 3 is 1.57 bits per heavy atom. The molecule has 0 heterocycles. The largest absolute Gasteiger partial charge is 0.240 e. The number of benzene rings is 3. The van der Waals surface area contributed by atoms with Crippen LogP contribution in [0, 0.1) is 14.7 Å². The number of quaternary nitrogens is 1. The first-order chi connectivity index (χ1) is 14.7. The van der Waals surface area contributed by atoms with Crippen molar-refractivity contribution in [1.82, 2.24) is 4.92 Å². The van der Waals surface area contributed by atoms with E-state index in [1.807, 2.05) is 0 Å². The summed E-state index contributed by atoms with van der Waals surface area (Å²) >= 11 is 0. The molecular weight excluding hydrogens is 396 g/mol. The number of nitrogens with zero attached hydrogens (tertiary/aromatic N) is 6. The lowest BCUT2D eigenvalue weighted by Gasteiger charge is -2.23. The maximum Gasteiger partial charge on any atom is 0.240 e. The maximum absolute atomic E-state index is 11.8. The molecule has 1 unspecified atom stereocenters.